The second-order valence-corrected chi connectivity index (χ2v) is 4.53. The molecular formula is C14H18N2O4. The summed E-state index contributed by atoms with van der Waals surface area (Å²) in [5.41, 5.74) is 0.444. The molecule has 0 aromatic heterocycles. The van der Waals surface area contributed by atoms with Crippen LogP contribution in [0.3, 0.4) is 0 Å². The largest absolute Gasteiger partial charge is 0.508 e. The van der Waals surface area contributed by atoms with Gasteiger partial charge in [0, 0.05) is 18.7 Å². The van der Waals surface area contributed by atoms with Crippen LogP contribution >= 0.6 is 0 Å². The highest BCUT2D eigenvalue weighted by molar-refractivity contribution is 5.97. The minimum Gasteiger partial charge on any atom is -0.508 e. The van der Waals surface area contributed by atoms with E-state index in [4.69, 9.17) is 4.74 Å². The van der Waals surface area contributed by atoms with Gasteiger partial charge in [-0.1, -0.05) is 0 Å². The van der Waals surface area contributed by atoms with Crippen molar-refractivity contribution in [2.75, 3.05) is 26.3 Å². The number of carbonyl (C=O) groups excluding carboxylic acids is 2. The van der Waals surface area contributed by atoms with E-state index in [0.29, 0.717) is 25.3 Å². The van der Waals surface area contributed by atoms with Gasteiger partial charge in [0.2, 0.25) is 5.91 Å². The highest BCUT2D eigenvalue weighted by Gasteiger charge is 2.32. The number of hydrogen-bond donors (Lipinski definition) is 2. The quantitative estimate of drug-likeness (QED) is 0.837. The number of carbonyl (C=O) groups is 2. The molecule has 1 saturated heterocycles. The smallest absolute Gasteiger partial charge is 0.254 e. The average Bonchev–Trinajstić information content (AvgIpc) is 2.47. The van der Waals surface area contributed by atoms with Crippen LogP contribution < -0.4 is 5.32 Å². The van der Waals surface area contributed by atoms with Crippen LogP contribution in [0, 0.1) is 0 Å². The molecule has 2 rings (SSSR count). The minimum absolute atomic E-state index is 0.101. The molecule has 1 aromatic rings. The number of likely N-dealkylation sites (N-methyl/N-ethyl adjacent to an activating group) is 1. The molecule has 1 unspecified atom stereocenters. The highest BCUT2D eigenvalue weighted by atomic mass is 16.5. The van der Waals surface area contributed by atoms with Gasteiger partial charge in [0.25, 0.3) is 5.91 Å². The molecule has 2 N–H and O–H groups in total. The number of aromatic hydroxyl groups is 1. The van der Waals surface area contributed by atoms with Gasteiger partial charge in [0.1, 0.15) is 11.8 Å². The third kappa shape index (κ3) is 3.08. The van der Waals surface area contributed by atoms with Crippen molar-refractivity contribution >= 4 is 11.8 Å². The molecule has 108 valence electrons. The van der Waals surface area contributed by atoms with E-state index in [0.717, 1.165) is 0 Å². The molecule has 1 aliphatic heterocycles. The topological polar surface area (TPSA) is 78.9 Å². The third-order valence-corrected chi connectivity index (χ3v) is 3.16. The molecule has 1 aromatic carbocycles. The first-order valence-corrected chi connectivity index (χ1v) is 6.59. The fourth-order valence-electron chi connectivity index (χ4n) is 2.13. The Morgan fingerprint density at radius 2 is 2.10 bits per heavy atom. The lowest BCUT2D eigenvalue weighted by Gasteiger charge is -2.34. The highest BCUT2D eigenvalue weighted by Crippen LogP contribution is 2.15. The van der Waals surface area contributed by atoms with Crippen molar-refractivity contribution < 1.29 is 19.4 Å². The maximum atomic E-state index is 12.4. The Bertz CT molecular complexity index is 486. The van der Waals surface area contributed by atoms with Crippen LogP contribution in [0.1, 0.15) is 17.3 Å². The van der Waals surface area contributed by atoms with E-state index in [2.05, 4.69) is 5.32 Å². The van der Waals surface area contributed by atoms with Crippen molar-refractivity contribution in [3.05, 3.63) is 29.8 Å². The lowest BCUT2D eigenvalue weighted by atomic mass is 10.1. The predicted molar refractivity (Wildman–Crippen MR) is 72.4 cm³/mol. The molecule has 0 radical (unpaired) electrons. The molecule has 1 heterocycles. The third-order valence-electron chi connectivity index (χ3n) is 3.16. The van der Waals surface area contributed by atoms with Crippen LogP contribution in [-0.2, 0) is 9.53 Å². The summed E-state index contributed by atoms with van der Waals surface area (Å²) in [6.07, 6.45) is 0. The van der Waals surface area contributed by atoms with Gasteiger partial charge in [-0.05, 0) is 31.2 Å². The average molecular weight is 278 g/mol. The number of nitrogens with zero attached hydrogens (tertiary/aromatic N) is 1. The van der Waals surface area contributed by atoms with Crippen molar-refractivity contribution in [1.82, 2.24) is 10.2 Å². The Labute approximate surface area is 117 Å². The number of hydrogen-bond acceptors (Lipinski definition) is 4. The van der Waals surface area contributed by atoms with E-state index in [1.165, 1.54) is 17.0 Å². The van der Waals surface area contributed by atoms with Gasteiger partial charge in [-0.3, -0.25) is 9.59 Å². The van der Waals surface area contributed by atoms with Crippen molar-refractivity contribution in [3.8, 4) is 5.75 Å². The van der Waals surface area contributed by atoms with E-state index in [-0.39, 0.29) is 24.2 Å². The predicted octanol–water partition coefficient (Wildman–Crippen LogP) is 0.369. The molecule has 6 heteroatoms. The van der Waals surface area contributed by atoms with Gasteiger partial charge >= 0.3 is 0 Å². The summed E-state index contributed by atoms with van der Waals surface area (Å²) in [5, 5.41) is 12.0. The van der Waals surface area contributed by atoms with Crippen molar-refractivity contribution in [3.63, 3.8) is 0 Å². The summed E-state index contributed by atoms with van der Waals surface area (Å²) in [7, 11) is 0. The monoisotopic (exact) mass is 278 g/mol. The van der Waals surface area contributed by atoms with Crippen molar-refractivity contribution in [2.24, 2.45) is 0 Å². The maximum Gasteiger partial charge on any atom is 0.254 e. The Kier molecular flexibility index (Phi) is 4.57. The second kappa shape index (κ2) is 6.38. The normalized spacial score (nSPS) is 18.6. The zero-order chi connectivity index (χ0) is 14.5. The summed E-state index contributed by atoms with van der Waals surface area (Å²) in [6.45, 7) is 3.33. The van der Waals surface area contributed by atoms with E-state index < -0.39 is 6.04 Å². The Morgan fingerprint density at radius 1 is 1.40 bits per heavy atom. The summed E-state index contributed by atoms with van der Waals surface area (Å²) >= 11 is 0. The van der Waals surface area contributed by atoms with Crippen LogP contribution in [0.5, 0.6) is 5.75 Å². The van der Waals surface area contributed by atoms with Gasteiger partial charge in [0.05, 0.1) is 13.2 Å². The molecule has 0 saturated carbocycles. The number of phenols is 1. The van der Waals surface area contributed by atoms with Crippen molar-refractivity contribution in [2.45, 2.75) is 13.0 Å². The van der Waals surface area contributed by atoms with Crippen LogP contribution in [-0.4, -0.2) is 54.2 Å². The standard InChI is InChI=1S/C14H18N2O4/c1-2-15-13(18)12-9-20-8-7-16(12)14(19)10-3-5-11(17)6-4-10/h3-6,12,17H,2,7-9H2,1H3,(H,15,18). The van der Waals surface area contributed by atoms with Gasteiger partial charge in [-0.25, -0.2) is 0 Å². The lowest BCUT2D eigenvalue weighted by Crippen LogP contribution is -2.55. The molecule has 0 aliphatic carbocycles. The summed E-state index contributed by atoms with van der Waals surface area (Å²) in [5.74, 6) is -0.340. The SMILES string of the molecule is CCNC(=O)C1COCCN1C(=O)c1ccc(O)cc1. The number of morpholine rings is 1. The number of benzene rings is 1. The Morgan fingerprint density at radius 3 is 2.75 bits per heavy atom. The molecule has 0 bridgehead atoms. The van der Waals surface area contributed by atoms with Crippen molar-refractivity contribution in [1.29, 1.82) is 0 Å². The van der Waals surface area contributed by atoms with Gasteiger partial charge in [0.15, 0.2) is 0 Å². The molecule has 1 aliphatic rings. The number of ether oxygens (including phenoxy) is 1. The minimum atomic E-state index is -0.606. The molecule has 6 nitrogen and oxygen atoms in total. The first kappa shape index (κ1) is 14.3. The van der Waals surface area contributed by atoms with E-state index in [9.17, 15) is 14.7 Å². The molecule has 1 atom stereocenters. The van der Waals surface area contributed by atoms with Crippen LogP contribution in [0.2, 0.25) is 0 Å². The molecule has 0 spiro atoms. The van der Waals surface area contributed by atoms with Crippen LogP contribution in [0.4, 0.5) is 0 Å². The maximum absolute atomic E-state index is 12.4. The zero-order valence-electron chi connectivity index (χ0n) is 11.3. The van der Waals surface area contributed by atoms with E-state index in [1.54, 1.807) is 12.1 Å². The van der Waals surface area contributed by atoms with Crippen LogP contribution in [0.25, 0.3) is 0 Å². The van der Waals surface area contributed by atoms with E-state index in [1.807, 2.05) is 6.92 Å². The second-order valence-electron chi connectivity index (χ2n) is 4.53. The zero-order valence-corrected chi connectivity index (χ0v) is 11.3. The molecule has 20 heavy (non-hydrogen) atoms. The summed E-state index contributed by atoms with van der Waals surface area (Å²) in [4.78, 5) is 25.9. The molecular weight excluding hydrogens is 260 g/mol. The number of rotatable bonds is 3. The van der Waals surface area contributed by atoms with Crippen LogP contribution in [0.15, 0.2) is 24.3 Å². The number of amides is 2. The Balaban J connectivity index is 2.16. The fraction of sp³-hybridized carbons (Fsp3) is 0.429. The molecule has 2 amide bonds. The first-order chi connectivity index (χ1) is 9.63. The fourth-order valence-corrected chi connectivity index (χ4v) is 2.13. The molecule has 1 fully saturated rings. The van der Waals surface area contributed by atoms with Gasteiger partial charge < -0.3 is 20.1 Å². The lowest BCUT2D eigenvalue weighted by molar-refractivity contribution is -0.130. The number of nitrogens with one attached hydrogen (secondary N) is 1. The number of phenolic OH excluding ortho intramolecular Hbond substituents is 1. The van der Waals surface area contributed by atoms with E-state index >= 15 is 0 Å². The van der Waals surface area contributed by atoms with Gasteiger partial charge in [-0.2, -0.15) is 0 Å². The summed E-state index contributed by atoms with van der Waals surface area (Å²) in [6, 6.07) is 5.39. The first-order valence-electron chi connectivity index (χ1n) is 6.59. The van der Waals surface area contributed by atoms with Gasteiger partial charge in [-0.15, -0.1) is 0 Å². The summed E-state index contributed by atoms with van der Waals surface area (Å²) < 4.78 is 5.29. The Hall–Kier alpha value is -2.08.